The van der Waals surface area contributed by atoms with Crippen LogP contribution >= 0.6 is 11.8 Å². The molecule has 1 saturated heterocycles. The second kappa shape index (κ2) is 5.97. The van der Waals surface area contributed by atoms with Crippen LogP contribution in [0.4, 0.5) is 13.2 Å². The van der Waals surface area contributed by atoms with Gasteiger partial charge in [-0.1, -0.05) is 11.8 Å². The number of thioether (sulfide) groups is 1. The van der Waals surface area contributed by atoms with Crippen molar-refractivity contribution in [1.29, 1.82) is 0 Å². The van der Waals surface area contributed by atoms with Gasteiger partial charge in [-0.25, -0.2) is 4.98 Å². The summed E-state index contributed by atoms with van der Waals surface area (Å²) in [5.41, 5.74) is 1.69. The van der Waals surface area contributed by atoms with Gasteiger partial charge in [0.25, 0.3) is 0 Å². The number of aromatic nitrogens is 2. The van der Waals surface area contributed by atoms with Crippen LogP contribution in [0, 0.1) is 13.8 Å². The molecule has 0 amide bonds. The molecular weight excluding hydrogens is 289 g/mol. The van der Waals surface area contributed by atoms with E-state index in [4.69, 9.17) is 4.74 Å². The normalized spacial score (nSPS) is 21.4. The quantitative estimate of drug-likeness (QED) is 0.793. The van der Waals surface area contributed by atoms with Crippen molar-refractivity contribution in [2.24, 2.45) is 0 Å². The van der Waals surface area contributed by atoms with Crippen LogP contribution in [-0.4, -0.2) is 33.7 Å². The van der Waals surface area contributed by atoms with Crippen molar-refractivity contribution >= 4 is 11.8 Å². The molecule has 1 fully saturated rings. The standard InChI is InChI=1S/C13H19F3N2OS/c1-8-9(2)18(7-11-5-4-6-19-11)12(17-8)20-10(3)13(14,15)16/h10-11H,4-7H2,1-3H3/t10-,11+/m0/s1. The predicted octanol–water partition coefficient (Wildman–Crippen LogP) is 3.72. The number of rotatable bonds is 4. The second-order valence-electron chi connectivity index (χ2n) is 5.11. The Morgan fingerprint density at radius 1 is 1.45 bits per heavy atom. The van der Waals surface area contributed by atoms with Crippen molar-refractivity contribution in [1.82, 2.24) is 9.55 Å². The Morgan fingerprint density at radius 2 is 2.15 bits per heavy atom. The average molecular weight is 308 g/mol. The number of hydrogen-bond acceptors (Lipinski definition) is 3. The van der Waals surface area contributed by atoms with Gasteiger partial charge in [0.1, 0.15) is 5.25 Å². The third-order valence-corrected chi connectivity index (χ3v) is 4.72. The van der Waals surface area contributed by atoms with E-state index < -0.39 is 11.4 Å². The zero-order valence-corrected chi connectivity index (χ0v) is 12.6. The van der Waals surface area contributed by atoms with Gasteiger partial charge in [-0.15, -0.1) is 0 Å². The Balaban J connectivity index is 2.17. The zero-order valence-electron chi connectivity index (χ0n) is 11.8. The monoisotopic (exact) mass is 308 g/mol. The summed E-state index contributed by atoms with van der Waals surface area (Å²) in [4.78, 5) is 4.28. The summed E-state index contributed by atoms with van der Waals surface area (Å²) >= 11 is 0.767. The molecular formula is C13H19F3N2OS. The van der Waals surface area contributed by atoms with E-state index in [2.05, 4.69) is 4.98 Å². The molecule has 0 saturated carbocycles. The van der Waals surface area contributed by atoms with E-state index in [1.807, 2.05) is 18.4 Å². The molecule has 0 bridgehead atoms. The summed E-state index contributed by atoms with van der Waals surface area (Å²) < 4.78 is 45.5. The third kappa shape index (κ3) is 3.49. The number of imidazole rings is 1. The largest absolute Gasteiger partial charge is 0.400 e. The van der Waals surface area contributed by atoms with Crippen molar-refractivity contribution < 1.29 is 17.9 Å². The molecule has 1 aromatic heterocycles. The molecule has 0 aromatic carbocycles. The lowest BCUT2D eigenvalue weighted by atomic mass is 10.2. The van der Waals surface area contributed by atoms with Crippen LogP contribution in [0.3, 0.4) is 0 Å². The van der Waals surface area contributed by atoms with E-state index in [0.717, 1.165) is 42.6 Å². The molecule has 2 atom stereocenters. The van der Waals surface area contributed by atoms with E-state index in [9.17, 15) is 13.2 Å². The number of nitrogens with zero attached hydrogens (tertiary/aromatic N) is 2. The van der Waals surface area contributed by atoms with Crippen molar-refractivity contribution in [3.63, 3.8) is 0 Å². The highest BCUT2D eigenvalue weighted by atomic mass is 32.2. The molecule has 0 aliphatic carbocycles. The lowest BCUT2D eigenvalue weighted by molar-refractivity contribution is -0.125. The van der Waals surface area contributed by atoms with E-state index in [0.29, 0.717) is 11.7 Å². The molecule has 1 aliphatic heterocycles. The SMILES string of the molecule is Cc1nc(S[C@@H](C)C(F)(F)F)n(C[C@H]2CCCO2)c1C. The maximum atomic E-state index is 12.7. The first-order valence-corrected chi connectivity index (χ1v) is 7.55. The van der Waals surface area contributed by atoms with Crippen molar-refractivity contribution in [2.75, 3.05) is 6.61 Å². The molecule has 1 aromatic rings. The van der Waals surface area contributed by atoms with Gasteiger partial charge in [-0.3, -0.25) is 0 Å². The third-order valence-electron chi connectivity index (χ3n) is 3.58. The first-order valence-electron chi connectivity index (χ1n) is 6.67. The van der Waals surface area contributed by atoms with Crippen molar-refractivity contribution in [3.8, 4) is 0 Å². The number of ether oxygens (including phenoxy) is 1. The maximum Gasteiger partial charge on any atom is 0.400 e. The number of aryl methyl sites for hydroxylation is 1. The molecule has 0 unspecified atom stereocenters. The minimum atomic E-state index is -4.22. The summed E-state index contributed by atoms with van der Waals surface area (Å²) in [5.74, 6) is 0. The number of hydrogen-bond donors (Lipinski definition) is 0. The highest BCUT2D eigenvalue weighted by Crippen LogP contribution is 2.35. The lowest BCUT2D eigenvalue weighted by Gasteiger charge is -2.18. The molecule has 7 heteroatoms. The summed E-state index contributed by atoms with van der Waals surface area (Å²) in [6.07, 6.45) is -2.16. The predicted molar refractivity (Wildman–Crippen MR) is 72.0 cm³/mol. The maximum absolute atomic E-state index is 12.7. The Bertz CT molecular complexity index is 467. The first-order chi connectivity index (χ1) is 9.29. The number of alkyl halides is 3. The number of halogens is 3. The topological polar surface area (TPSA) is 27.1 Å². The molecule has 0 N–H and O–H groups in total. The van der Waals surface area contributed by atoms with Crippen LogP contribution in [0.25, 0.3) is 0 Å². The first kappa shape index (κ1) is 15.7. The molecule has 0 spiro atoms. The van der Waals surface area contributed by atoms with Crippen LogP contribution in [-0.2, 0) is 11.3 Å². The van der Waals surface area contributed by atoms with E-state index in [1.165, 1.54) is 6.92 Å². The van der Waals surface area contributed by atoms with Crippen LogP contribution in [0.5, 0.6) is 0 Å². The summed E-state index contributed by atoms with van der Waals surface area (Å²) in [5, 5.41) is -1.03. The molecule has 3 nitrogen and oxygen atoms in total. The van der Waals surface area contributed by atoms with Gasteiger partial charge in [0, 0.05) is 12.3 Å². The van der Waals surface area contributed by atoms with Crippen LogP contribution in [0.15, 0.2) is 5.16 Å². The molecule has 2 heterocycles. The van der Waals surface area contributed by atoms with Gasteiger partial charge in [0.15, 0.2) is 5.16 Å². The molecule has 1 aliphatic rings. The fraction of sp³-hybridized carbons (Fsp3) is 0.769. The highest BCUT2D eigenvalue weighted by Gasteiger charge is 2.38. The van der Waals surface area contributed by atoms with Gasteiger partial charge in [-0.2, -0.15) is 13.2 Å². The van der Waals surface area contributed by atoms with Crippen LogP contribution < -0.4 is 0 Å². The Morgan fingerprint density at radius 3 is 2.70 bits per heavy atom. The van der Waals surface area contributed by atoms with Gasteiger partial charge in [0.2, 0.25) is 0 Å². The van der Waals surface area contributed by atoms with E-state index >= 15 is 0 Å². The van der Waals surface area contributed by atoms with Crippen molar-refractivity contribution in [3.05, 3.63) is 11.4 Å². The van der Waals surface area contributed by atoms with E-state index in [1.54, 1.807) is 0 Å². The summed E-state index contributed by atoms with van der Waals surface area (Å²) in [6.45, 7) is 6.20. The minimum Gasteiger partial charge on any atom is -0.376 e. The van der Waals surface area contributed by atoms with Crippen LogP contribution in [0.1, 0.15) is 31.2 Å². The fourth-order valence-electron chi connectivity index (χ4n) is 2.15. The Kier molecular flexibility index (Phi) is 4.69. The lowest BCUT2D eigenvalue weighted by Crippen LogP contribution is -2.23. The smallest absolute Gasteiger partial charge is 0.376 e. The highest BCUT2D eigenvalue weighted by molar-refractivity contribution is 7.99. The summed E-state index contributed by atoms with van der Waals surface area (Å²) in [6, 6.07) is 0. The molecule has 114 valence electrons. The molecule has 20 heavy (non-hydrogen) atoms. The second-order valence-corrected chi connectivity index (χ2v) is 6.42. The van der Waals surface area contributed by atoms with Gasteiger partial charge in [0.05, 0.1) is 18.3 Å². The van der Waals surface area contributed by atoms with Gasteiger partial charge < -0.3 is 9.30 Å². The van der Waals surface area contributed by atoms with Gasteiger partial charge in [-0.05, 0) is 33.6 Å². The fourth-order valence-corrected chi connectivity index (χ4v) is 3.12. The molecule has 0 radical (unpaired) electrons. The Hall–Kier alpha value is -0.690. The average Bonchev–Trinajstić information content (AvgIpc) is 2.93. The zero-order chi connectivity index (χ0) is 14.9. The van der Waals surface area contributed by atoms with Crippen LogP contribution in [0.2, 0.25) is 0 Å². The van der Waals surface area contributed by atoms with E-state index in [-0.39, 0.29) is 6.10 Å². The minimum absolute atomic E-state index is 0.0860. The van der Waals surface area contributed by atoms with Gasteiger partial charge >= 0.3 is 6.18 Å². The van der Waals surface area contributed by atoms with Crippen molar-refractivity contribution in [2.45, 2.75) is 62.8 Å². The summed E-state index contributed by atoms with van der Waals surface area (Å²) in [7, 11) is 0. The molecule has 2 rings (SSSR count). The Labute approximate surface area is 120 Å².